The molecule has 1 aromatic heterocycles. The minimum absolute atomic E-state index is 0.448. The number of aromatic nitrogens is 1. The van der Waals surface area contributed by atoms with Gasteiger partial charge in [0.25, 0.3) is 0 Å². The van der Waals surface area contributed by atoms with Crippen molar-refractivity contribution >= 4 is 11.5 Å². The van der Waals surface area contributed by atoms with E-state index in [2.05, 4.69) is 53.9 Å². The van der Waals surface area contributed by atoms with Crippen molar-refractivity contribution in [1.82, 2.24) is 9.88 Å². The van der Waals surface area contributed by atoms with Gasteiger partial charge in [0.15, 0.2) is 0 Å². The van der Waals surface area contributed by atoms with Crippen LogP contribution in [0.4, 0.5) is 11.5 Å². The number of fused-ring (bicyclic) bond motifs is 1. The third-order valence-corrected chi connectivity index (χ3v) is 3.36. The highest BCUT2D eigenvalue weighted by Crippen LogP contribution is 2.30. The minimum Gasteiger partial charge on any atom is -0.382 e. The van der Waals surface area contributed by atoms with Crippen molar-refractivity contribution in [2.24, 2.45) is 0 Å². The maximum atomic E-state index is 4.57. The summed E-state index contributed by atoms with van der Waals surface area (Å²) in [6.45, 7) is 12.8. The first-order valence-corrected chi connectivity index (χ1v) is 6.87. The second kappa shape index (κ2) is 5.57. The van der Waals surface area contributed by atoms with Gasteiger partial charge in [-0.1, -0.05) is 6.92 Å². The molecule has 0 radical (unpaired) electrons. The Labute approximate surface area is 110 Å². The molecule has 0 fully saturated rings. The van der Waals surface area contributed by atoms with Crippen molar-refractivity contribution < 1.29 is 0 Å². The monoisotopic (exact) mass is 248 g/mol. The van der Waals surface area contributed by atoms with E-state index in [-0.39, 0.29) is 0 Å². The average molecular weight is 248 g/mol. The summed E-state index contributed by atoms with van der Waals surface area (Å²) < 4.78 is 0. The number of anilines is 2. The molecule has 1 N–H and O–H groups in total. The van der Waals surface area contributed by atoms with Gasteiger partial charge in [0, 0.05) is 36.6 Å². The molecule has 0 saturated heterocycles. The van der Waals surface area contributed by atoms with Gasteiger partial charge in [0.05, 0.1) is 6.67 Å². The van der Waals surface area contributed by atoms with Crippen LogP contribution in [0.1, 0.15) is 33.3 Å². The van der Waals surface area contributed by atoms with E-state index in [1.54, 1.807) is 0 Å². The Morgan fingerprint density at radius 1 is 1.33 bits per heavy atom. The lowest BCUT2D eigenvalue weighted by molar-refractivity contribution is 0.265. The Balaban J connectivity index is 2.36. The molecule has 4 heteroatoms. The summed E-state index contributed by atoms with van der Waals surface area (Å²) in [4.78, 5) is 9.35. The van der Waals surface area contributed by atoms with E-state index in [1.165, 1.54) is 11.3 Å². The Hall–Kier alpha value is -1.29. The minimum atomic E-state index is 0.448. The predicted molar refractivity (Wildman–Crippen MR) is 77.0 cm³/mol. The summed E-state index contributed by atoms with van der Waals surface area (Å²) in [5, 5.41) is 3.53. The number of hydrogen-bond donors (Lipinski definition) is 1. The molecule has 0 aromatic carbocycles. The fourth-order valence-electron chi connectivity index (χ4n) is 2.40. The van der Waals surface area contributed by atoms with E-state index in [4.69, 9.17) is 0 Å². The first-order valence-electron chi connectivity index (χ1n) is 6.87. The maximum Gasteiger partial charge on any atom is 0.136 e. The number of hydrogen-bond acceptors (Lipinski definition) is 4. The van der Waals surface area contributed by atoms with E-state index in [0.717, 1.165) is 32.1 Å². The summed E-state index contributed by atoms with van der Waals surface area (Å²) in [7, 11) is 0. The van der Waals surface area contributed by atoms with Crippen LogP contribution in [0.3, 0.4) is 0 Å². The Kier molecular flexibility index (Phi) is 4.07. The van der Waals surface area contributed by atoms with Crippen LogP contribution in [0, 0.1) is 0 Å². The van der Waals surface area contributed by atoms with Crippen molar-refractivity contribution in [3.05, 3.63) is 17.8 Å². The smallest absolute Gasteiger partial charge is 0.136 e. The quantitative estimate of drug-likeness (QED) is 0.887. The zero-order valence-corrected chi connectivity index (χ0v) is 11.9. The van der Waals surface area contributed by atoms with Crippen LogP contribution in [0.15, 0.2) is 12.3 Å². The fraction of sp³-hybridized carbons (Fsp3) is 0.643. The van der Waals surface area contributed by atoms with Gasteiger partial charge in [-0.2, -0.15) is 0 Å². The molecule has 2 rings (SSSR count). The first-order chi connectivity index (χ1) is 8.65. The lowest BCUT2D eigenvalue weighted by Crippen LogP contribution is -2.43. The predicted octanol–water partition coefficient (Wildman–Crippen LogP) is 2.52. The summed E-state index contributed by atoms with van der Waals surface area (Å²) in [6.07, 6.45) is 1.91. The van der Waals surface area contributed by atoms with E-state index < -0.39 is 0 Å². The van der Waals surface area contributed by atoms with Crippen LogP contribution in [0.25, 0.3) is 0 Å². The van der Waals surface area contributed by atoms with Gasteiger partial charge in [-0.3, -0.25) is 4.90 Å². The second-order valence-corrected chi connectivity index (χ2v) is 5.10. The highest BCUT2D eigenvalue weighted by Gasteiger charge is 2.24. The SMILES string of the molecule is CCN1Cc2c(NC(C)C)ccnc2N(CC)C1. The van der Waals surface area contributed by atoms with Crippen LogP contribution in [-0.4, -0.2) is 35.7 Å². The molecule has 0 atom stereocenters. The van der Waals surface area contributed by atoms with Gasteiger partial charge in [-0.05, 0) is 33.4 Å². The Morgan fingerprint density at radius 3 is 2.72 bits per heavy atom. The number of rotatable bonds is 4. The van der Waals surface area contributed by atoms with Crippen LogP contribution in [-0.2, 0) is 6.54 Å². The Morgan fingerprint density at radius 2 is 2.11 bits per heavy atom. The van der Waals surface area contributed by atoms with Gasteiger partial charge in [0.2, 0.25) is 0 Å². The van der Waals surface area contributed by atoms with Gasteiger partial charge < -0.3 is 10.2 Å². The number of nitrogens with one attached hydrogen (secondary N) is 1. The molecule has 0 saturated carbocycles. The molecular weight excluding hydrogens is 224 g/mol. The molecule has 0 unspecified atom stereocenters. The highest BCUT2D eigenvalue weighted by atomic mass is 15.4. The molecule has 2 heterocycles. The van der Waals surface area contributed by atoms with Crippen molar-refractivity contribution in [3.63, 3.8) is 0 Å². The lowest BCUT2D eigenvalue weighted by atomic mass is 10.1. The molecule has 18 heavy (non-hydrogen) atoms. The molecule has 100 valence electrons. The standard InChI is InChI=1S/C14H24N4/c1-5-17-9-12-13(16-11(3)4)7-8-15-14(12)18(6-2)10-17/h7-8,11H,5-6,9-10H2,1-4H3,(H,15,16). The van der Waals surface area contributed by atoms with Gasteiger partial charge in [-0.15, -0.1) is 0 Å². The molecule has 4 nitrogen and oxygen atoms in total. The number of pyridine rings is 1. The zero-order valence-electron chi connectivity index (χ0n) is 11.9. The van der Waals surface area contributed by atoms with Gasteiger partial charge in [-0.25, -0.2) is 4.98 Å². The average Bonchev–Trinajstić information content (AvgIpc) is 2.37. The van der Waals surface area contributed by atoms with Crippen molar-refractivity contribution in [3.8, 4) is 0 Å². The van der Waals surface area contributed by atoms with Crippen LogP contribution >= 0.6 is 0 Å². The lowest BCUT2D eigenvalue weighted by Gasteiger charge is -2.37. The Bertz CT molecular complexity index is 403. The summed E-state index contributed by atoms with van der Waals surface area (Å²) in [5.74, 6) is 1.15. The number of nitrogens with zero attached hydrogens (tertiary/aromatic N) is 3. The van der Waals surface area contributed by atoms with E-state index in [0.29, 0.717) is 6.04 Å². The molecule has 0 spiro atoms. The fourth-order valence-corrected chi connectivity index (χ4v) is 2.40. The van der Waals surface area contributed by atoms with Gasteiger partial charge in [0.1, 0.15) is 5.82 Å². The molecule has 0 aliphatic carbocycles. The first kappa shape index (κ1) is 13.1. The highest BCUT2D eigenvalue weighted by molar-refractivity contribution is 5.64. The second-order valence-electron chi connectivity index (χ2n) is 5.10. The van der Waals surface area contributed by atoms with E-state index in [9.17, 15) is 0 Å². The summed E-state index contributed by atoms with van der Waals surface area (Å²) in [5.41, 5.74) is 2.56. The van der Waals surface area contributed by atoms with E-state index >= 15 is 0 Å². The zero-order chi connectivity index (χ0) is 13.1. The molecule has 1 aromatic rings. The largest absolute Gasteiger partial charge is 0.382 e. The maximum absolute atomic E-state index is 4.57. The third-order valence-electron chi connectivity index (χ3n) is 3.36. The van der Waals surface area contributed by atoms with Crippen LogP contribution < -0.4 is 10.2 Å². The summed E-state index contributed by atoms with van der Waals surface area (Å²) in [6, 6.07) is 2.54. The van der Waals surface area contributed by atoms with Gasteiger partial charge >= 0.3 is 0 Å². The topological polar surface area (TPSA) is 31.4 Å². The summed E-state index contributed by atoms with van der Waals surface area (Å²) >= 11 is 0. The van der Waals surface area contributed by atoms with Crippen molar-refractivity contribution in [2.75, 3.05) is 30.0 Å². The molecular formula is C14H24N4. The van der Waals surface area contributed by atoms with E-state index in [1.807, 2.05) is 6.20 Å². The molecule has 0 amide bonds. The third kappa shape index (κ3) is 2.58. The van der Waals surface area contributed by atoms with Crippen molar-refractivity contribution in [2.45, 2.75) is 40.3 Å². The molecule has 0 bridgehead atoms. The van der Waals surface area contributed by atoms with Crippen molar-refractivity contribution in [1.29, 1.82) is 0 Å². The molecule has 1 aliphatic heterocycles. The molecule has 1 aliphatic rings. The van der Waals surface area contributed by atoms with Crippen LogP contribution in [0.5, 0.6) is 0 Å². The normalized spacial score (nSPS) is 15.9. The van der Waals surface area contributed by atoms with Crippen LogP contribution in [0.2, 0.25) is 0 Å².